The van der Waals surface area contributed by atoms with Crippen LogP contribution in [0.5, 0.6) is 0 Å². The SMILES string of the molecule is O=C1OC(=C(Br)Br)C2CCCC12. The van der Waals surface area contributed by atoms with Crippen molar-refractivity contribution in [2.45, 2.75) is 19.3 Å². The molecule has 1 heterocycles. The van der Waals surface area contributed by atoms with E-state index < -0.39 is 0 Å². The Balaban J connectivity index is 2.32. The van der Waals surface area contributed by atoms with Gasteiger partial charge < -0.3 is 4.74 Å². The first-order valence-corrected chi connectivity index (χ1v) is 5.55. The van der Waals surface area contributed by atoms with E-state index in [0.29, 0.717) is 5.92 Å². The molecule has 0 aromatic rings. The van der Waals surface area contributed by atoms with Gasteiger partial charge in [0.15, 0.2) is 0 Å². The van der Waals surface area contributed by atoms with Gasteiger partial charge in [0.2, 0.25) is 0 Å². The number of hydrogen-bond donors (Lipinski definition) is 0. The van der Waals surface area contributed by atoms with Crippen molar-refractivity contribution in [2.24, 2.45) is 11.8 Å². The summed E-state index contributed by atoms with van der Waals surface area (Å²) in [7, 11) is 0. The lowest BCUT2D eigenvalue weighted by Crippen LogP contribution is -2.07. The van der Waals surface area contributed by atoms with Crippen LogP contribution in [0.25, 0.3) is 0 Å². The first-order chi connectivity index (χ1) is 5.70. The second-order valence-electron chi connectivity index (χ2n) is 3.19. The summed E-state index contributed by atoms with van der Waals surface area (Å²) in [6, 6.07) is 0. The highest BCUT2D eigenvalue weighted by molar-refractivity contribution is 9.28. The zero-order chi connectivity index (χ0) is 8.72. The number of esters is 1. The maximum Gasteiger partial charge on any atom is 0.314 e. The van der Waals surface area contributed by atoms with Crippen molar-refractivity contribution in [3.63, 3.8) is 0 Å². The van der Waals surface area contributed by atoms with Crippen LogP contribution in [-0.4, -0.2) is 5.97 Å². The molecule has 2 aliphatic rings. The van der Waals surface area contributed by atoms with Crippen LogP contribution < -0.4 is 0 Å². The average molecular weight is 296 g/mol. The average Bonchev–Trinajstić information content (AvgIpc) is 2.53. The molecule has 0 aromatic carbocycles. The standard InChI is InChI=1S/C8H8Br2O2/c9-7(10)6-4-2-1-3-5(4)8(11)12-6/h4-5H,1-3H2. The quantitative estimate of drug-likeness (QED) is 0.642. The lowest BCUT2D eigenvalue weighted by molar-refractivity contribution is -0.139. The summed E-state index contributed by atoms with van der Waals surface area (Å²) in [6.07, 6.45) is 3.20. The first-order valence-electron chi connectivity index (χ1n) is 3.97. The lowest BCUT2D eigenvalue weighted by Gasteiger charge is -2.04. The summed E-state index contributed by atoms with van der Waals surface area (Å²) in [6.45, 7) is 0. The van der Waals surface area contributed by atoms with E-state index >= 15 is 0 Å². The number of ether oxygens (including phenoxy) is 1. The normalized spacial score (nSPS) is 33.5. The Bertz CT molecular complexity index is 256. The maximum atomic E-state index is 11.3. The Morgan fingerprint density at radius 3 is 2.67 bits per heavy atom. The Morgan fingerprint density at radius 1 is 1.33 bits per heavy atom. The minimum absolute atomic E-state index is 0.0519. The number of rotatable bonds is 0. The molecule has 2 rings (SSSR count). The number of halogens is 2. The van der Waals surface area contributed by atoms with E-state index in [1.54, 1.807) is 0 Å². The monoisotopic (exact) mass is 294 g/mol. The largest absolute Gasteiger partial charge is 0.429 e. The van der Waals surface area contributed by atoms with Gasteiger partial charge in [-0.25, -0.2) is 0 Å². The Labute approximate surface area is 87.6 Å². The van der Waals surface area contributed by atoms with Gasteiger partial charge >= 0.3 is 5.97 Å². The zero-order valence-electron chi connectivity index (χ0n) is 6.35. The fourth-order valence-electron chi connectivity index (χ4n) is 1.99. The van der Waals surface area contributed by atoms with E-state index in [1.165, 1.54) is 0 Å². The summed E-state index contributed by atoms with van der Waals surface area (Å²) < 4.78 is 5.93. The van der Waals surface area contributed by atoms with Gasteiger partial charge in [-0.2, -0.15) is 0 Å². The second kappa shape index (κ2) is 3.14. The van der Waals surface area contributed by atoms with E-state index in [0.717, 1.165) is 28.4 Å². The molecule has 1 aliphatic heterocycles. The third-order valence-corrected chi connectivity index (χ3v) is 3.33. The number of cyclic esters (lactones) is 1. The van der Waals surface area contributed by atoms with Gasteiger partial charge in [-0.05, 0) is 44.7 Å². The van der Waals surface area contributed by atoms with E-state index in [-0.39, 0.29) is 11.9 Å². The van der Waals surface area contributed by atoms with Crippen molar-refractivity contribution in [1.29, 1.82) is 0 Å². The Morgan fingerprint density at radius 2 is 2.00 bits per heavy atom. The van der Waals surface area contributed by atoms with Crippen molar-refractivity contribution in [3.8, 4) is 0 Å². The van der Waals surface area contributed by atoms with Gasteiger partial charge in [-0.1, -0.05) is 6.42 Å². The molecule has 12 heavy (non-hydrogen) atoms. The molecule has 2 unspecified atom stereocenters. The van der Waals surface area contributed by atoms with E-state index in [4.69, 9.17) is 4.74 Å². The molecule has 2 atom stereocenters. The molecule has 66 valence electrons. The molecule has 0 spiro atoms. The molecule has 1 saturated carbocycles. The third-order valence-electron chi connectivity index (χ3n) is 2.55. The van der Waals surface area contributed by atoms with Crippen LogP contribution in [0.1, 0.15) is 19.3 Å². The summed E-state index contributed by atoms with van der Waals surface area (Å²) in [4.78, 5) is 11.3. The van der Waals surface area contributed by atoms with Crippen LogP contribution in [-0.2, 0) is 9.53 Å². The highest BCUT2D eigenvalue weighted by atomic mass is 79.9. The number of allylic oxidation sites excluding steroid dienone is 1. The van der Waals surface area contributed by atoms with Crippen LogP contribution in [0.2, 0.25) is 0 Å². The molecular formula is C8H8Br2O2. The van der Waals surface area contributed by atoms with Gasteiger partial charge in [0, 0.05) is 5.92 Å². The fourth-order valence-corrected chi connectivity index (χ4v) is 2.74. The topological polar surface area (TPSA) is 26.3 Å². The Kier molecular flexibility index (Phi) is 2.29. The number of carbonyl (C=O) groups is 1. The smallest absolute Gasteiger partial charge is 0.314 e. The molecule has 0 amide bonds. The van der Waals surface area contributed by atoms with Gasteiger partial charge in [0.25, 0.3) is 0 Å². The van der Waals surface area contributed by atoms with Crippen LogP contribution in [0.4, 0.5) is 0 Å². The third kappa shape index (κ3) is 1.25. The second-order valence-corrected chi connectivity index (χ2v) is 5.84. The molecule has 0 bridgehead atoms. The van der Waals surface area contributed by atoms with Gasteiger partial charge in [-0.3, -0.25) is 4.79 Å². The van der Waals surface area contributed by atoms with Crippen molar-refractivity contribution < 1.29 is 9.53 Å². The molecular weight excluding hydrogens is 288 g/mol. The molecule has 1 saturated heterocycles. The predicted molar refractivity (Wildman–Crippen MR) is 51.8 cm³/mol. The molecule has 0 radical (unpaired) electrons. The van der Waals surface area contributed by atoms with Crippen LogP contribution in [0.3, 0.4) is 0 Å². The summed E-state index contributed by atoms with van der Waals surface area (Å²) in [5, 5.41) is 0. The number of hydrogen-bond acceptors (Lipinski definition) is 2. The van der Waals surface area contributed by atoms with Crippen molar-refractivity contribution in [2.75, 3.05) is 0 Å². The molecule has 4 heteroatoms. The minimum Gasteiger partial charge on any atom is -0.429 e. The Hall–Kier alpha value is 0.170. The van der Waals surface area contributed by atoms with Crippen molar-refractivity contribution in [3.05, 3.63) is 9.15 Å². The molecule has 2 nitrogen and oxygen atoms in total. The van der Waals surface area contributed by atoms with E-state index in [9.17, 15) is 4.79 Å². The highest BCUT2D eigenvalue weighted by Gasteiger charge is 2.44. The highest BCUT2D eigenvalue weighted by Crippen LogP contribution is 2.46. The van der Waals surface area contributed by atoms with Gasteiger partial charge in [0.1, 0.15) is 5.76 Å². The van der Waals surface area contributed by atoms with Gasteiger partial charge in [-0.15, -0.1) is 0 Å². The molecule has 0 aromatic heterocycles. The fraction of sp³-hybridized carbons (Fsp3) is 0.625. The number of carbonyl (C=O) groups excluding carboxylic acids is 1. The van der Waals surface area contributed by atoms with Crippen molar-refractivity contribution >= 4 is 37.8 Å². The first kappa shape index (κ1) is 8.75. The van der Waals surface area contributed by atoms with Crippen LogP contribution in [0, 0.1) is 11.8 Å². The predicted octanol–water partition coefficient (Wildman–Crippen LogP) is 2.92. The summed E-state index contributed by atoms with van der Waals surface area (Å²) in [5.74, 6) is 1.20. The summed E-state index contributed by atoms with van der Waals surface area (Å²) >= 11 is 6.57. The number of fused-ring (bicyclic) bond motifs is 1. The van der Waals surface area contributed by atoms with E-state index in [1.807, 2.05) is 0 Å². The zero-order valence-corrected chi connectivity index (χ0v) is 9.52. The minimum atomic E-state index is -0.0519. The van der Waals surface area contributed by atoms with Crippen molar-refractivity contribution in [1.82, 2.24) is 0 Å². The lowest BCUT2D eigenvalue weighted by atomic mass is 9.98. The molecule has 0 N–H and O–H groups in total. The maximum absolute atomic E-state index is 11.3. The van der Waals surface area contributed by atoms with Crippen LogP contribution in [0.15, 0.2) is 9.15 Å². The van der Waals surface area contributed by atoms with E-state index in [2.05, 4.69) is 31.9 Å². The summed E-state index contributed by atoms with van der Waals surface area (Å²) in [5.41, 5.74) is 0. The molecule has 1 aliphatic carbocycles. The van der Waals surface area contributed by atoms with Gasteiger partial charge in [0.05, 0.1) is 9.31 Å². The molecule has 2 fully saturated rings. The van der Waals surface area contributed by atoms with Crippen LogP contribution >= 0.6 is 31.9 Å².